The Kier molecular flexibility index (Phi) is 5.58. The van der Waals surface area contributed by atoms with Gasteiger partial charge in [-0.1, -0.05) is 18.2 Å². The van der Waals surface area contributed by atoms with E-state index in [-0.39, 0.29) is 11.8 Å². The summed E-state index contributed by atoms with van der Waals surface area (Å²) >= 11 is 0. The normalized spacial score (nSPS) is 17.2. The number of benzene rings is 2. The lowest BCUT2D eigenvalue weighted by atomic mass is 10.1. The zero-order valence-corrected chi connectivity index (χ0v) is 15.8. The largest absolute Gasteiger partial charge is 0.457 e. The van der Waals surface area contributed by atoms with Crippen LogP contribution in [0, 0.1) is 0 Å². The van der Waals surface area contributed by atoms with E-state index in [0.717, 1.165) is 31.7 Å². The molecular formula is C22H25N3O3. The zero-order chi connectivity index (χ0) is 19.3. The monoisotopic (exact) mass is 379 g/mol. The van der Waals surface area contributed by atoms with E-state index in [1.54, 1.807) is 12.1 Å². The summed E-state index contributed by atoms with van der Waals surface area (Å²) in [6.45, 7) is 3.14. The Morgan fingerprint density at radius 2 is 1.54 bits per heavy atom. The standard InChI is InChI=1S/C22H25N3O3/c26-21(23-18-8-9-18)16-24-12-14-25(15-13-24)22(27)17-6-10-20(11-7-17)28-19-4-2-1-3-5-19/h1-7,10-11,18H,8-9,12-16H2,(H,23,26). The highest BCUT2D eigenvalue weighted by Crippen LogP contribution is 2.22. The smallest absolute Gasteiger partial charge is 0.253 e. The molecule has 4 rings (SSSR count). The van der Waals surface area contributed by atoms with Crippen molar-refractivity contribution in [2.75, 3.05) is 32.7 Å². The van der Waals surface area contributed by atoms with Crippen molar-refractivity contribution in [2.45, 2.75) is 18.9 Å². The number of nitrogens with zero attached hydrogens (tertiary/aromatic N) is 2. The van der Waals surface area contributed by atoms with Crippen molar-refractivity contribution in [3.63, 3.8) is 0 Å². The van der Waals surface area contributed by atoms with E-state index in [0.29, 0.717) is 37.0 Å². The van der Waals surface area contributed by atoms with E-state index in [4.69, 9.17) is 4.74 Å². The molecule has 6 heteroatoms. The van der Waals surface area contributed by atoms with Gasteiger partial charge in [0.15, 0.2) is 0 Å². The minimum atomic E-state index is 0.0216. The van der Waals surface area contributed by atoms with Crippen LogP contribution in [0.15, 0.2) is 54.6 Å². The number of hydrogen-bond donors (Lipinski definition) is 1. The van der Waals surface area contributed by atoms with Gasteiger partial charge in [0.2, 0.25) is 5.91 Å². The first-order valence-electron chi connectivity index (χ1n) is 9.81. The Hall–Kier alpha value is -2.86. The molecule has 2 aromatic rings. The van der Waals surface area contributed by atoms with Gasteiger partial charge in [0.1, 0.15) is 11.5 Å². The van der Waals surface area contributed by atoms with Crippen molar-refractivity contribution in [2.24, 2.45) is 0 Å². The van der Waals surface area contributed by atoms with Crippen LogP contribution in [0.4, 0.5) is 0 Å². The molecule has 0 aromatic heterocycles. The van der Waals surface area contributed by atoms with Crippen LogP contribution in [0.2, 0.25) is 0 Å². The maximum Gasteiger partial charge on any atom is 0.253 e. The van der Waals surface area contributed by atoms with Crippen molar-refractivity contribution < 1.29 is 14.3 Å². The first-order chi connectivity index (χ1) is 13.7. The third kappa shape index (κ3) is 4.89. The molecule has 0 unspecified atom stereocenters. The molecule has 1 saturated heterocycles. The second-order valence-corrected chi connectivity index (χ2v) is 7.35. The van der Waals surface area contributed by atoms with Crippen LogP contribution >= 0.6 is 0 Å². The average Bonchev–Trinajstić information content (AvgIpc) is 3.53. The van der Waals surface area contributed by atoms with Crippen LogP contribution < -0.4 is 10.1 Å². The molecule has 0 radical (unpaired) electrons. The molecule has 28 heavy (non-hydrogen) atoms. The minimum absolute atomic E-state index is 0.0216. The van der Waals surface area contributed by atoms with Gasteiger partial charge in [-0.15, -0.1) is 0 Å². The van der Waals surface area contributed by atoms with Crippen molar-refractivity contribution in [3.05, 3.63) is 60.2 Å². The van der Waals surface area contributed by atoms with Crippen LogP contribution in [0.5, 0.6) is 11.5 Å². The Bertz CT molecular complexity index is 811. The van der Waals surface area contributed by atoms with E-state index in [1.165, 1.54) is 0 Å². The summed E-state index contributed by atoms with van der Waals surface area (Å²) in [4.78, 5) is 28.6. The number of carbonyl (C=O) groups excluding carboxylic acids is 2. The molecule has 2 fully saturated rings. The van der Waals surface area contributed by atoms with Gasteiger partial charge in [-0.3, -0.25) is 14.5 Å². The summed E-state index contributed by atoms with van der Waals surface area (Å²) in [6, 6.07) is 17.2. The third-order valence-corrected chi connectivity index (χ3v) is 5.05. The number of rotatable bonds is 6. The molecule has 146 valence electrons. The summed E-state index contributed by atoms with van der Waals surface area (Å²) < 4.78 is 5.77. The lowest BCUT2D eigenvalue weighted by Crippen LogP contribution is -2.51. The maximum absolute atomic E-state index is 12.7. The Morgan fingerprint density at radius 1 is 0.893 bits per heavy atom. The highest BCUT2D eigenvalue weighted by molar-refractivity contribution is 5.94. The Morgan fingerprint density at radius 3 is 2.18 bits per heavy atom. The van der Waals surface area contributed by atoms with Crippen LogP contribution in [0.25, 0.3) is 0 Å². The summed E-state index contributed by atoms with van der Waals surface area (Å²) in [7, 11) is 0. The van der Waals surface area contributed by atoms with Gasteiger partial charge in [0.05, 0.1) is 6.54 Å². The second kappa shape index (κ2) is 8.44. The molecule has 1 aliphatic carbocycles. The number of hydrogen-bond acceptors (Lipinski definition) is 4. The summed E-state index contributed by atoms with van der Waals surface area (Å²) in [5, 5.41) is 3.01. The predicted octanol–water partition coefficient (Wildman–Crippen LogP) is 2.52. The number of carbonyl (C=O) groups is 2. The van der Waals surface area contributed by atoms with Crippen LogP contribution in [0.3, 0.4) is 0 Å². The minimum Gasteiger partial charge on any atom is -0.457 e. The first kappa shape index (κ1) is 18.5. The van der Waals surface area contributed by atoms with Crippen molar-refractivity contribution in [3.8, 4) is 11.5 Å². The fourth-order valence-corrected chi connectivity index (χ4v) is 3.29. The van der Waals surface area contributed by atoms with E-state index < -0.39 is 0 Å². The molecule has 1 N–H and O–H groups in total. The van der Waals surface area contributed by atoms with E-state index >= 15 is 0 Å². The van der Waals surface area contributed by atoms with Crippen molar-refractivity contribution >= 4 is 11.8 Å². The maximum atomic E-state index is 12.7. The third-order valence-electron chi connectivity index (χ3n) is 5.05. The molecule has 1 heterocycles. The molecule has 1 aliphatic heterocycles. The van der Waals surface area contributed by atoms with E-state index in [9.17, 15) is 9.59 Å². The van der Waals surface area contributed by atoms with Gasteiger partial charge in [0, 0.05) is 37.8 Å². The number of piperazine rings is 1. The lowest BCUT2D eigenvalue weighted by molar-refractivity contribution is -0.122. The fraction of sp³-hybridized carbons (Fsp3) is 0.364. The van der Waals surface area contributed by atoms with Crippen LogP contribution in [-0.2, 0) is 4.79 Å². The van der Waals surface area contributed by atoms with Gasteiger partial charge < -0.3 is 15.0 Å². The topological polar surface area (TPSA) is 61.9 Å². The van der Waals surface area contributed by atoms with Crippen molar-refractivity contribution in [1.82, 2.24) is 15.1 Å². The first-order valence-corrected chi connectivity index (χ1v) is 9.81. The van der Waals surface area contributed by atoms with Gasteiger partial charge in [-0.25, -0.2) is 0 Å². The van der Waals surface area contributed by atoms with Gasteiger partial charge in [-0.05, 0) is 49.2 Å². The molecule has 2 aromatic carbocycles. The molecule has 2 amide bonds. The lowest BCUT2D eigenvalue weighted by Gasteiger charge is -2.34. The Balaban J connectivity index is 1.27. The average molecular weight is 379 g/mol. The fourth-order valence-electron chi connectivity index (χ4n) is 3.29. The molecule has 6 nitrogen and oxygen atoms in total. The quantitative estimate of drug-likeness (QED) is 0.838. The molecule has 0 bridgehead atoms. The molecule has 0 atom stereocenters. The highest BCUT2D eigenvalue weighted by Gasteiger charge is 2.26. The van der Waals surface area contributed by atoms with Crippen LogP contribution in [-0.4, -0.2) is 60.4 Å². The molecule has 1 saturated carbocycles. The Labute approximate surface area is 165 Å². The second-order valence-electron chi connectivity index (χ2n) is 7.35. The summed E-state index contributed by atoms with van der Waals surface area (Å²) in [5.41, 5.74) is 0.653. The number of ether oxygens (including phenoxy) is 1. The predicted molar refractivity (Wildman–Crippen MR) is 106 cm³/mol. The highest BCUT2D eigenvalue weighted by atomic mass is 16.5. The number of para-hydroxylation sites is 1. The van der Waals surface area contributed by atoms with Gasteiger partial charge in [0.25, 0.3) is 5.91 Å². The van der Waals surface area contributed by atoms with Gasteiger partial charge >= 0.3 is 0 Å². The summed E-state index contributed by atoms with van der Waals surface area (Å²) in [5.74, 6) is 1.59. The SMILES string of the molecule is O=C(CN1CCN(C(=O)c2ccc(Oc3ccccc3)cc2)CC1)NC1CC1. The molecule has 2 aliphatic rings. The summed E-state index contributed by atoms with van der Waals surface area (Å²) in [6.07, 6.45) is 2.20. The number of nitrogens with one attached hydrogen (secondary N) is 1. The van der Waals surface area contributed by atoms with E-state index in [2.05, 4.69) is 10.2 Å². The number of amides is 2. The van der Waals surface area contributed by atoms with Crippen LogP contribution in [0.1, 0.15) is 23.2 Å². The van der Waals surface area contributed by atoms with Gasteiger partial charge in [-0.2, -0.15) is 0 Å². The molecular weight excluding hydrogens is 354 g/mol. The zero-order valence-electron chi connectivity index (χ0n) is 15.8. The molecule has 0 spiro atoms. The van der Waals surface area contributed by atoms with E-state index in [1.807, 2.05) is 47.4 Å². The van der Waals surface area contributed by atoms with Crippen molar-refractivity contribution in [1.29, 1.82) is 0 Å².